The van der Waals surface area contributed by atoms with Crippen molar-refractivity contribution in [2.75, 3.05) is 4.90 Å². The molecule has 3 rings (SSSR count). The van der Waals surface area contributed by atoms with E-state index in [1.807, 2.05) is 0 Å². The molecule has 9 nitrogen and oxygen atoms in total. The minimum absolute atomic E-state index is 0.0608. The van der Waals surface area contributed by atoms with E-state index < -0.39 is 34.7 Å². The van der Waals surface area contributed by atoms with Gasteiger partial charge in [-0.1, -0.05) is 11.6 Å². The number of alkyl carbamates (subject to hydrolysis) is 1. The van der Waals surface area contributed by atoms with Crippen molar-refractivity contribution in [2.45, 2.75) is 71.7 Å². The topological polar surface area (TPSA) is 109 Å². The van der Waals surface area contributed by atoms with Crippen LogP contribution in [0.5, 0.6) is 0 Å². The summed E-state index contributed by atoms with van der Waals surface area (Å²) in [7, 11) is 0. The number of rotatable bonds is 2. The van der Waals surface area contributed by atoms with Gasteiger partial charge < -0.3 is 14.4 Å². The predicted molar refractivity (Wildman–Crippen MR) is 127 cm³/mol. The van der Waals surface area contributed by atoms with E-state index in [9.17, 15) is 14.7 Å². The first-order valence-electron chi connectivity index (χ1n) is 10.7. The standard InChI is InChI=1S/C23H29ClFN5O4/c1-21(2,3)30(20(32)33)13-8-9-15(25)14(10-13)23(7)12-29-11-16(24)26-18(29)17(28-23)27-19(31)34-22(4,5)6/h8-11H,12H2,1-7H3,(H,32,33)(H,27,28,31). The number of imidazole rings is 1. The Labute approximate surface area is 202 Å². The van der Waals surface area contributed by atoms with Gasteiger partial charge in [0.15, 0.2) is 11.7 Å². The van der Waals surface area contributed by atoms with Crippen LogP contribution in [0.4, 0.5) is 19.7 Å². The maximum atomic E-state index is 15.2. The first-order valence-corrected chi connectivity index (χ1v) is 11.0. The van der Waals surface area contributed by atoms with Crippen molar-refractivity contribution in [1.29, 1.82) is 0 Å². The minimum Gasteiger partial charge on any atom is -0.465 e. The van der Waals surface area contributed by atoms with Crippen LogP contribution in [0.1, 0.15) is 59.9 Å². The molecule has 0 bridgehead atoms. The summed E-state index contributed by atoms with van der Waals surface area (Å²) in [5.41, 5.74) is -2.29. The SMILES string of the molecule is CC(C)(C)OC(=O)NC1=NC(C)(c2cc(N(C(=O)O)C(C)(C)C)ccc2F)Cn2cc(Cl)nc21. The van der Waals surface area contributed by atoms with Crippen LogP contribution in [0, 0.1) is 5.82 Å². The van der Waals surface area contributed by atoms with E-state index in [1.165, 1.54) is 18.2 Å². The van der Waals surface area contributed by atoms with Gasteiger partial charge in [-0.15, -0.1) is 0 Å². The van der Waals surface area contributed by atoms with Crippen molar-refractivity contribution in [3.05, 3.63) is 46.8 Å². The maximum Gasteiger partial charge on any atom is 0.413 e. The molecule has 0 fully saturated rings. The molecule has 1 aromatic heterocycles. The van der Waals surface area contributed by atoms with Crippen LogP contribution in [0.25, 0.3) is 0 Å². The highest BCUT2D eigenvalue weighted by Crippen LogP contribution is 2.37. The lowest BCUT2D eigenvalue weighted by molar-refractivity contribution is 0.0562. The van der Waals surface area contributed by atoms with E-state index in [1.54, 1.807) is 59.2 Å². The number of hydrogen-bond donors (Lipinski definition) is 2. The van der Waals surface area contributed by atoms with Crippen molar-refractivity contribution in [2.24, 2.45) is 4.99 Å². The fourth-order valence-electron chi connectivity index (χ4n) is 3.84. The predicted octanol–water partition coefficient (Wildman–Crippen LogP) is 5.16. The van der Waals surface area contributed by atoms with Crippen molar-refractivity contribution in [1.82, 2.24) is 14.9 Å². The minimum atomic E-state index is -1.22. The van der Waals surface area contributed by atoms with Gasteiger partial charge in [0.25, 0.3) is 0 Å². The van der Waals surface area contributed by atoms with Crippen LogP contribution in [0.2, 0.25) is 5.15 Å². The molecule has 2 N–H and O–H groups in total. The molecule has 1 unspecified atom stereocenters. The van der Waals surface area contributed by atoms with E-state index in [0.717, 1.165) is 4.90 Å². The van der Waals surface area contributed by atoms with Crippen LogP contribution < -0.4 is 10.2 Å². The van der Waals surface area contributed by atoms with Crippen LogP contribution in [0.3, 0.4) is 0 Å². The Morgan fingerprint density at radius 2 is 1.91 bits per heavy atom. The molecule has 0 aliphatic carbocycles. The third kappa shape index (κ3) is 5.32. The Morgan fingerprint density at radius 3 is 2.47 bits per heavy atom. The van der Waals surface area contributed by atoms with Gasteiger partial charge in [-0.05, 0) is 66.7 Å². The molecular weight excluding hydrogens is 465 g/mol. The Balaban J connectivity index is 2.11. The van der Waals surface area contributed by atoms with E-state index >= 15 is 4.39 Å². The zero-order valence-electron chi connectivity index (χ0n) is 20.2. The van der Waals surface area contributed by atoms with Gasteiger partial charge in [0.2, 0.25) is 0 Å². The number of halogens is 2. The summed E-state index contributed by atoms with van der Waals surface area (Å²) < 4.78 is 22.1. The number of amidine groups is 1. The van der Waals surface area contributed by atoms with Crippen LogP contribution in [-0.4, -0.2) is 43.8 Å². The first-order chi connectivity index (χ1) is 15.5. The van der Waals surface area contributed by atoms with Crippen LogP contribution >= 0.6 is 11.6 Å². The molecule has 2 amide bonds. The quantitative estimate of drug-likeness (QED) is 0.600. The molecule has 2 heterocycles. The number of carboxylic acid groups (broad SMARTS) is 1. The van der Waals surface area contributed by atoms with Gasteiger partial charge in [0.05, 0.1) is 6.54 Å². The Hall–Kier alpha value is -3.14. The highest BCUT2D eigenvalue weighted by Gasteiger charge is 2.38. The number of nitrogens with one attached hydrogen (secondary N) is 1. The van der Waals surface area contributed by atoms with Gasteiger partial charge in [0.1, 0.15) is 22.1 Å². The summed E-state index contributed by atoms with van der Waals surface area (Å²) in [4.78, 5) is 34.4. The van der Waals surface area contributed by atoms with Gasteiger partial charge in [-0.25, -0.2) is 19.0 Å². The normalized spacial score (nSPS) is 18.1. The monoisotopic (exact) mass is 493 g/mol. The van der Waals surface area contributed by atoms with Crippen molar-refractivity contribution in [3.63, 3.8) is 0 Å². The summed E-state index contributed by atoms with van der Waals surface area (Å²) >= 11 is 6.10. The lowest BCUT2D eigenvalue weighted by Gasteiger charge is -2.36. The van der Waals surface area contributed by atoms with Gasteiger partial charge >= 0.3 is 12.2 Å². The number of ether oxygens (including phenoxy) is 1. The number of benzene rings is 1. The second kappa shape index (κ2) is 8.57. The van der Waals surface area contributed by atoms with Crippen molar-refractivity contribution in [3.8, 4) is 0 Å². The molecule has 0 spiro atoms. The fourth-order valence-corrected chi connectivity index (χ4v) is 4.03. The molecule has 0 saturated carbocycles. The van der Waals surface area contributed by atoms with Gasteiger partial charge in [-0.2, -0.15) is 0 Å². The Kier molecular flexibility index (Phi) is 6.43. The van der Waals surface area contributed by atoms with Crippen LogP contribution in [0.15, 0.2) is 29.4 Å². The van der Waals surface area contributed by atoms with E-state index in [2.05, 4.69) is 15.3 Å². The lowest BCUT2D eigenvalue weighted by Crippen LogP contribution is -2.46. The molecule has 11 heteroatoms. The number of hydrogen-bond acceptors (Lipinski definition) is 5. The molecule has 184 valence electrons. The molecule has 34 heavy (non-hydrogen) atoms. The number of fused-ring (bicyclic) bond motifs is 1. The molecule has 1 aliphatic heterocycles. The second-order valence-corrected chi connectivity index (χ2v) is 10.7. The molecular formula is C23H29ClFN5O4. The number of amides is 2. The van der Waals surface area contributed by atoms with E-state index in [0.29, 0.717) is 11.5 Å². The molecule has 0 radical (unpaired) electrons. The second-order valence-electron chi connectivity index (χ2n) is 10.3. The maximum absolute atomic E-state index is 15.2. The van der Waals surface area contributed by atoms with Crippen molar-refractivity contribution >= 4 is 35.3 Å². The number of carbonyl (C=O) groups is 2. The lowest BCUT2D eigenvalue weighted by atomic mass is 9.89. The molecule has 1 atom stereocenters. The van der Waals surface area contributed by atoms with Gasteiger partial charge in [-0.3, -0.25) is 15.2 Å². The average molecular weight is 494 g/mol. The smallest absolute Gasteiger partial charge is 0.413 e. The highest BCUT2D eigenvalue weighted by atomic mass is 35.5. The van der Waals surface area contributed by atoms with Crippen molar-refractivity contribution < 1.29 is 23.8 Å². The molecule has 1 aliphatic rings. The number of aliphatic imine (C=N–C) groups is 1. The zero-order chi connectivity index (χ0) is 25.6. The van der Waals surface area contributed by atoms with Gasteiger partial charge in [0, 0.05) is 23.0 Å². The molecule has 0 saturated heterocycles. The highest BCUT2D eigenvalue weighted by molar-refractivity contribution is 6.29. The van der Waals surface area contributed by atoms with E-state index in [-0.39, 0.29) is 23.1 Å². The number of nitrogens with zero attached hydrogens (tertiary/aromatic N) is 4. The van der Waals surface area contributed by atoms with Crippen LogP contribution in [-0.2, 0) is 16.8 Å². The largest absolute Gasteiger partial charge is 0.465 e. The Morgan fingerprint density at radius 1 is 1.26 bits per heavy atom. The average Bonchev–Trinajstić information content (AvgIpc) is 3.00. The number of carbonyl (C=O) groups excluding carboxylic acids is 1. The number of aromatic nitrogens is 2. The third-order valence-electron chi connectivity index (χ3n) is 5.07. The number of anilines is 1. The Bertz CT molecular complexity index is 1170. The molecule has 2 aromatic rings. The first kappa shape index (κ1) is 25.5. The summed E-state index contributed by atoms with van der Waals surface area (Å²) in [5, 5.41) is 12.5. The zero-order valence-corrected chi connectivity index (χ0v) is 21.0. The molecule has 1 aromatic carbocycles. The fraction of sp³-hybridized carbons (Fsp3) is 0.478. The third-order valence-corrected chi connectivity index (χ3v) is 5.25. The summed E-state index contributed by atoms with van der Waals surface area (Å²) in [6, 6.07) is 4.09. The summed E-state index contributed by atoms with van der Waals surface area (Å²) in [6.07, 6.45) is -0.361. The summed E-state index contributed by atoms with van der Waals surface area (Å²) in [6.45, 7) is 12.2. The summed E-state index contributed by atoms with van der Waals surface area (Å²) in [5.74, 6) is -0.210. The van der Waals surface area contributed by atoms with E-state index in [4.69, 9.17) is 16.3 Å².